The number of aliphatic hydroxyl groups is 1. The van der Waals surface area contributed by atoms with Gasteiger partial charge in [0.15, 0.2) is 53.9 Å². The Morgan fingerprint density at radius 2 is 1.34 bits per heavy atom. The quantitative estimate of drug-likeness (QED) is 0.00727. The van der Waals surface area contributed by atoms with Crippen LogP contribution in [-0.4, -0.2) is 211 Å². The highest BCUT2D eigenvalue weighted by atomic mass is 35.5. The Kier molecular flexibility index (Phi) is 25.7. The minimum atomic E-state index is -5.49. The molecule has 104 heavy (non-hydrogen) atoms. The van der Waals surface area contributed by atoms with E-state index in [1.807, 2.05) is 27.7 Å². The number of aromatic amines is 1. The number of carbonyl (C=O) groups excluding carboxylic acids is 9. The normalized spacial score (nSPS) is 21.8. The van der Waals surface area contributed by atoms with E-state index in [0.717, 1.165) is 60.8 Å². The summed E-state index contributed by atoms with van der Waals surface area (Å²) in [5.41, 5.74) is 9.23. The standard InChI is InChI=1S/C68H80ClN7O27S/c1-33(73-101-65-55(83)57(94-36(4)79)59(96-38(6)81)60(100-65)64(86)90-14)40-15-19-47-42(21-40)22-48(72-47)63(85)76-27-43(26-69)54-46-24-44(89-13)17-18-45(46)51(25-49(54)76)102-104(87,88)103-52-23-41(62(84)75(12)30-68(10,11)32-91-31-67(8,9)29-71-74-70)16-20-50(52)98-66-61(97-39(7)82)58(95-37(5)80)56(93-35(3)78)53(99-66)28-92-34(2)77/h15-25,43,53,55-61,65-66,72,83H,26-32H2,1-14H3/b73-33+/t43-,53-,55-,56-,57-,58+,59+,60+,61-,65+,66-/m1/s1. The molecule has 11 atom stereocenters. The van der Waals surface area contributed by atoms with Crippen molar-refractivity contribution in [3.8, 4) is 23.0 Å². The zero-order chi connectivity index (χ0) is 76.4. The summed E-state index contributed by atoms with van der Waals surface area (Å²) in [5, 5.41) is 20.0. The molecular weight excluding hydrogens is 1410 g/mol. The number of carbonyl (C=O) groups is 9. The predicted octanol–water partition coefficient (Wildman–Crippen LogP) is 6.79. The number of aliphatic hydroxyl groups excluding tert-OH is 1. The lowest BCUT2D eigenvalue weighted by atomic mass is 9.92. The predicted molar refractivity (Wildman–Crippen MR) is 364 cm³/mol. The Hall–Kier alpha value is -10.0. The molecule has 1 aromatic heterocycles. The smallest absolute Gasteiger partial charge is 0.497 e. The van der Waals surface area contributed by atoms with Crippen LogP contribution in [0.3, 0.4) is 0 Å². The number of nitrogens with zero attached hydrogens (tertiary/aromatic N) is 6. The molecule has 0 radical (unpaired) electrons. The van der Waals surface area contributed by atoms with Crippen molar-refractivity contribution in [1.82, 2.24) is 9.88 Å². The highest BCUT2D eigenvalue weighted by Gasteiger charge is 2.55. The Bertz CT molecular complexity index is 4310. The number of aromatic nitrogens is 1. The lowest BCUT2D eigenvalue weighted by Crippen LogP contribution is -2.63. The van der Waals surface area contributed by atoms with Crippen molar-refractivity contribution in [2.24, 2.45) is 21.1 Å². The van der Waals surface area contributed by atoms with Crippen LogP contribution in [0.2, 0.25) is 0 Å². The molecule has 0 unspecified atom stereocenters. The first-order valence-electron chi connectivity index (χ1n) is 32.2. The molecule has 5 aromatic rings. The average molecular weight is 1490 g/mol. The molecule has 4 aromatic carbocycles. The summed E-state index contributed by atoms with van der Waals surface area (Å²) >= 11 is 6.71. The number of anilines is 1. The van der Waals surface area contributed by atoms with Crippen molar-refractivity contribution in [2.75, 3.05) is 71.5 Å². The Labute approximate surface area is 601 Å². The fourth-order valence-corrected chi connectivity index (χ4v) is 12.9. The molecule has 0 bridgehead atoms. The van der Waals surface area contributed by atoms with E-state index in [-0.39, 0.29) is 66.8 Å². The number of benzene rings is 4. The number of methoxy groups -OCH3 is 2. The SMILES string of the molecule is COC(=O)[C@H]1O[C@@H](O/N=C(\C)c2ccc3[nH]c(C(=O)N4C[C@@H](CCl)c5c4cc(OS(=O)(=O)Oc4cc(C(=O)N(C)CC(C)(C)COCC(C)(C)CN=[N+]=[N-])ccc4O[C@@H]4O[C@H](COC(C)=O)[C@@H](OC(C)=O)[C@H](OC(C)=O)[C@H]4OC(C)=O)c4ccc(OC)cc54)cc3c2)[C@H](O)[C@@H](OC(C)=O)[C@@H]1OC(C)=O. The summed E-state index contributed by atoms with van der Waals surface area (Å²) in [4.78, 5) is 131. The van der Waals surface area contributed by atoms with Gasteiger partial charge in [0.25, 0.3) is 18.1 Å². The van der Waals surface area contributed by atoms with Gasteiger partial charge in [-0.1, -0.05) is 44.0 Å². The van der Waals surface area contributed by atoms with Gasteiger partial charge < -0.3 is 89.9 Å². The van der Waals surface area contributed by atoms with Crippen LogP contribution in [0.15, 0.2) is 77.0 Å². The van der Waals surface area contributed by atoms with Crippen molar-refractivity contribution in [3.05, 3.63) is 99.6 Å². The van der Waals surface area contributed by atoms with Gasteiger partial charge in [-0.3, -0.25) is 38.4 Å². The highest BCUT2D eigenvalue weighted by Crippen LogP contribution is 2.48. The van der Waals surface area contributed by atoms with Gasteiger partial charge in [-0.15, -0.1) is 20.0 Å². The van der Waals surface area contributed by atoms with E-state index in [1.165, 1.54) is 55.1 Å². The van der Waals surface area contributed by atoms with E-state index in [0.29, 0.717) is 33.2 Å². The first-order valence-corrected chi connectivity index (χ1v) is 34.0. The number of hydrogen-bond donors (Lipinski definition) is 2. The van der Waals surface area contributed by atoms with Crippen LogP contribution in [-0.2, 0) is 96.2 Å². The number of amides is 2. The molecule has 4 heterocycles. The lowest BCUT2D eigenvalue weighted by molar-refractivity contribution is -0.299. The van der Waals surface area contributed by atoms with Crippen LogP contribution >= 0.6 is 11.6 Å². The van der Waals surface area contributed by atoms with E-state index in [2.05, 4.69) is 20.2 Å². The van der Waals surface area contributed by atoms with E-state index in [4.69, 9.17) is 87.2 Å². The summed E-state index contributed by atoms with van der Waals surface area (Å²) in [6, 6.07) is 15.8. The number of ether oxygens (including phenoxy) is 12. The fourth-order valence-electron chi connectivity index (χ4n) is 11.9. The van der Waals surface area contributed by atoms with Crippen molar-refractivity contribution in [1.29, 1.82) is 0 Å². The molecule has 0 aliphatic carbocycles. The second kappa shape index (κ2) is 33.6. The van der Waals surface area contributed by atoms with E-state index in [1.54, 1.807) is 30.3 Å². The van der Waals surface area contributed by atoms with Gasteiger partial charge in [0.1, 0.15) is 24.2 Å². The van der Waals surface area contributed by atoms with Crippen molar-refractivity contribution in [2.45, 2.75) is 143 Å². The third-order valence-corrected chi connectivity index (χ3v) is 17.4. The van der Waals surface area contributed by atoms with Crippen molar-refractivity contribution >= 4 is 109 Å². The molecule has 2 N–H and O–H groups in total. The molecule has 0 spiro atoms. The summed E-state index contributed by atoms with van der Waals surface area (Å²) in [7, 11) is -1.56. The van der Waals surface area contributed by atoms with Gasteiger partial charge in [-0.25, -0.2) is 4.79 Å². The van der Waals surface area contributed by atoms with E-state index < -0.39 is 166 Å². The van der Waals surface area contributed by atoms with Crippen LogP contribution in [0.4, 0.5) is 5.69 Å². The maximum absolute atomic E-state index is 15.1. The van der Waals surface area contributed by atoms with Gasteiger partial charge in [-0.05, 0) is 89.0 Å². The number of rotatable bonds is 29. The molecule has 562 valence electrons. The molecule has 2 saturated heterocycles. The zero-order valence-corrected chi connectivity index (χ0v) is 60.8. The van der Waals surface area contributed by atoms with Gasteiger partial charge in [0.05, 0.1) is 38.8 Å². The summed E-state index contributed by atoms with van der Waals surface area (Å²) < 4.78 is 109. The Morgan fingerprint density at radius 1 is 0.712 bits per heavy atom. The molecule has 2 amide bonds. The van der Waals surface area contributed by atoms with E-state index >= 15 is 4.79 Å². The van der Waals surface area contributed by atoms with Crippen LogP contribution in [0.5, 0.6) is 23.0 Å². The average Bonchev–Trinajstić information content (AvgIpc) is 1.54. The van der Waals surface area contributed by atoms with Gasteiger partial charge >= 0.3 is 52.2 Å². The van der Waals surface area contributed by atoms with E-state index in [9.17, 15) is 51.9 Å². The summed E-state index contributed by atoms with van der Waals surface area (Å²) in [6.07, 6.45) is -17.3. The first-order chi connectivity index (χ1) is 49.0. The summed E-state index contributed by atoms with van der Waals surface area (Å²) in [5.74, 6) is -9.80. The number of fused-ring (bicyclic) bond motifs is 4. The molecule has 3 aliphatic heterocycles. The number of esters is 7. The second-order valence-electron chi connectivity index (χ2n) is 26.1. The van der Waals surface area contributed by atoms with Gasteiger partial charge in [0.2, 0.25) is 12.4 Å². The van der Waals surface area contributed by atoms with Gasteiger partial charge in [0, 0.05) is 118 Å². The molecule has 0 saturated carbocycles. The Morgan fingerprint density at radius 3 is 1.97 bits per heavy atom. The van der Waals surface area contributed by atoms with Crippen molar-refractivity contribution < 1.29 is 127 Å². The largest absolute Gasteiger partial charge is 0.501 e. The fraction of sp³-hybridized carbons (Fsp3) is 0.500. The Balaban J connectivity index is 1.15. The number of alkyl halides is 1. The molecule has 2 fully saturated rings. The van der Waals surface area contributed by atoms with Crippen molar-refractivity contribution in [3.63, 3.8) is 0 Å². The summed E-state index contributed by atoms with van der Waals surface area (Å²) in [6.45, 7) is 15.0. The van der Waals surface area contributed by atoms with Crippen LogP contribution in [0.1, 0.15) is 114 Å². The maximum atomic E-state index is 15.1. The maximum Gasteiger partial charge on any atom is 0.501 e. The molecule has 3 aliphatic rings. The van der Waals surface area contributed by atoms with Gasteiger partial charge in [-0.2, -0.15) is 0 Å². The third kappa shape index (κ3) is 19.6. The molecular formula is C68H80ClN7O27S. The highest BCUT2D eigenvalue weighted by molar-refractivity contribution is 7.82. The molecule has 36 heteroatoms. The zero-order valence-electron chi connectivity index (χ0n) is 59.2. The van der Waals surface area contributed by atoms with Crippen LogP contribution in [0.25, 0.3) is 32.1 Å². The molecule has 8 rings (SSSR count). The number of oxime groups is 1. The minimum Gasteiger partial charge on any atom is -0.497 e. The first kappa shape index (κ1) is 79.7. The monoisotopic (exact) mass is 1490 g/mol. The van der Waals surface area contributed by atoms with Crippen LogP contribution < -0.4 is 22.7 Å². The second-order valence-corrected chi connectivity index (χ2v) is 27.6. The number of H-pyrrole nitrogens is 1. The number of halogens is 1. The lowest BCUT2D eigenvalue weighted by Gasteiger charge is -2.44. The minimum absolute atomic E-state index is 0.0390. The number of nitrogens with one attached hydrogen (secondary N) is 1. The number of azide groups is 1. The van der Waals surface area contributed by atoms with Crippen LogP contribution in [0, 0.1) is 10.8 Å². The molecule has 34 nitrogen and oxygen atoms in total. The third-order valence-electron chi connectivity index (χ3n) is 16.3. The number of hydrogen-bond acceptors (Lipinski definition) is 29. The topological polar surface area (TPSA) is 430 Å².